The number of sulfone groups is 1. The molecule has 1 aliphatic rings. The van der Waals surface area contributed by atoms with Gasteiger partial charge in [0.15, 0.2) is 9.84 Å². The Morgan fingerprint density at radius 3 is 2.50 bits per heavy atom. The summed E-state index contributed by atoms with van der Waals surface area (Å²) in [6, 6.07) is 1.53. The van der Waals surface area contributed by atoms with E-state index in [1.807, 2.05) is 0 Å². The summed E-state index contributed by atoms with van der Waals surface area (Å²) in [7, 11) is -2.96. The SMILES string of the molecule is O=C(c1cc(Cl)c[nH]1)N1CCS(=O)(=O)CC1. The van der Waals surface area contributed by atoms with Crippen molar-refractivity contribution in [2.45, 2.75) is 0 Å². The summed E-state index contributed by atoms with van der Waals surface area (Å²) >= 11 is 5.69. The first-order valence-corrected chi connectivity index (χ1v) is 7.01. The number of halogens is 1. The van der Waals surface area contributed by atoms with E-state index in [2.05, 4.69) is 4.98 Å². The lowest BCUT2D eigenvalue weighted by Gasteiger charge is -2.26. The van der Waals surface area contributed by atoms with Gasteiger partial charge in [-0.3, -0.25) is 4.79 Å². The lowest BCUT2D eigenvalue weighted by molar-refractivity contribution is 0.0765. The smallest absolute Gasteiger partial charge is 0.270 e. The second-order valence-electron chi connectivity index (χ2n) is 3.68. The van der Waals surface area contributed by atoms with Crippen LogP contribution in [0.1, 0.15) is 10.5 Å². The number of nitrogens with one attached hydrogen (secondary N) is 1. The van der Waals surface area contributed by atoms with Crippen LogP contribution in [0.25, 0.3) is 0 Å². The maximum atomic E-state index is 11.9. The summed E-state index contributed by atoms with van der Waals surface area (Å²) in [4.78, 5) is 16.1. The van der Waals surface area contributed by atoms with Crippen LogP contribution in [0.4, 0.5) is 0 Å². The number of carbonyl (C=O) groups is 1. The third kappa shape index (κ3) is 2.38. The highest BCUT2D eigenvalue weighted by Crippen LogP contribution is 2.13. The van der Waals surface area contributed by atoms with E-state index in [1.165, 1.54) is 17.2 Å². The predicted molar refractivity (Wildman–Crippen MR) is 60.4 cm³/mol. The number of rotatable bonds is 1. The second-order valence-corrected chi connectivity index (χ2v) is 6.42. The fourth-order valence-corrected chi connectivity index (χ4v) is 2.94. The molecule has 5 nitrogen and oxygen atoms in total. The first-order chi connectivity index (χ1) is 7.48. The van der Waals surface area contributed by atoms with Crippen LogP contribution in [0, 0.1) is 0 Å². The molecule has 0 bridgehead atoms. The number of hydrogen-bond donors (Lipinski definition) is 1. The van der Waals surface area contributed by atoms with Gasteiger partial charge in [0.1, 0.15) is 5.69 Å². The van der Waals surface area contributed by atoms with E-state index in [-0.39, 0.29) is 30.5 Å². The van der Waals surface area contributed by atoms with Crippen LogP contribution < -0.4 is 0 Å². The number of aromatic nitrogens is 1. The van der Waals surface area contributed by atoms with Crippen LogP contribution in [0.15, 0.2) is 12.3 Å². The number of hydrogen-bond acceptors (Lipinski definition) is 3. The van der Waals surface area contributed by atoms with Gasteiger partial charge in [0, 0.05) is 19.3 Å². The average molecular weight is 263 g/mol. The van der Waals surface area contributed by atoms with Crippen LogP contribution in [0.5, 0.6) is 0 Å². The molecule has 1 N–H and O–H groups in total. The van der Waals surface area contributed by atoms with E-state index >= 15 is 0 Å². The molecular formula is C9H11ClN2O3S. The first kappa shape index (κ1) is 11.5. The lowest BCUT2D eigenvalue weighted by atomic mass is 10.3. The van der Waals surface area contributed by atoms with Crippen LogP contribution in [-0.2, 0) is 9.84 Å². The minimum Gasteiger partial charge on any atom is -0.356 e. The van der Waals surface area contributed by atoms with Crippen molar-refractivity contribution in [2.75, 3.05) is 24.6 Å². The van der Waals surface area contributed by atoms with E-state index in [4.69, 9.17) is 11.6 Å². The van der Waals surface area contributed by atoms with Gasteiger partial charge >= 0.3 is 0 Å². The molecule has 0 unspecified atom stereocenters. The van der Waals surface area contributed by atoms with Crippen molar-refractivity contribution in [3.63, 3.8) is 0 Å². The fourth-order valence-electron chi connectivity index (χ4n) is 1.58. The van der Waals surface area contributed by atoms with Crippen LogP contribution in [0.2, 0.25) is 5.02 Å². The molecule has 1 amide bonds. The second kappa shape index (κ2) is 4.10. The quantitative estimate of drug-likeness (QED) is 0.803. The van der Waals surface area contributed by atoms with Gasteiger partial charge in [-0.25, -0.2) is 8.42 Å². The van der Waals surface area contributed by atoms with E-state index in [0.29, 0.717) is 10.7 Å². The van der Waals surface area contributed by atoms with Crippen LogP contribution >= 0.6 is 11.6 Å². The monoisotopic (exact) mass is 262 g/mol. The van der Waals surface area contributed by atoms with Gasteiger partial charge in [-0.15, -0.1) is 0 Å². The zero-order valence-electron chi connectivity index (χ0n) is 8.44. The normalized spacial score (nSPS) is 19.7. The van der Waals surface area contributed by atoms with Gasteiger partial charge in [0.25, 0.3) is 5.91 Å². The standard InChI is InChI=1S/C9H11ClN2O3S/c10-7-5-8(11-6-7)9(13)12-1-3-16(14,15)4-2-12/h5-6,11H,1-4H2. The summed E-state index contributed by atoms with van der Waals surface area (Å²) in [6.07, 6.45) is 1.52. The molecule has 0 spiro atoms. The highest BCUT2D eigenvalue weighted by molar-refractivity contribution is 7.91. The van der Waals surface area contributed by atoms with Gasteiger partial charge in [-0.1, -0.05) is 11.6 Å². The predicted octanol–water partition coefficient (Wildman–Crippen LogP) is 0.539. The van der Waals surface area contributed by atoms with Crippen LogP contribution in [0.3, 0.4) is 0 Å². The van der Waals surface area contributed by atoms with Crippen molar-refractivity contribution < 1.29 is 13.2 Å². The molecule has 0 atom stereocenters. The number of aromatic amines is 1. The largest absolute Gasteiger partial charge is 0.356 e. The van der Waals surface area contributed by atoms with Gasteiger partial charge in [0.2, 0.25) is 0 Å². The maximum absolute atomic E-state index is 11.9. The Kier molecular flexibility index (Phi) is 2.94. The maximum Gasteiger partial charge on any atom is 0.270 e. The summed E-state index contributed by atoms with van der Waals surface area (Å²) in [5.74, 6) is -0.137. The Hall–Kier alpha value is -1.01. The van der Waals surface area contributed by atoms with Crippen LogP contribution in [-0.4, -0.2) is 48.8 Å². The number of H-pyrrole nitrogens is 1. The molecule has 0 saturated carbocycles. The zero-order valence-corrected chi connectivity index (χ0v) is 10.0. The fraction of sp³-hybridized carbons (Fsp3) is 0.444. The topological polar surface area (TPSA) is 70.2 Å². The Bertz CT molecular complexity index is 495. The van der Waals surface area contributed by atoms with Gasteiger partial charge in [-0.2, -0.15) is 0 Å². The Morgan fingerprint density at radius 2 is 2.00 bits per heavy atom. The molecule has 0 aromatic carbocycles. The summed E-state index contributed by atoms with van der Waals surface area (Å²) in [6.45, 7) is 0.496. The van der Waals surface area contributed by atoms with Gasteiger partial charge < -0.3 is 9.88 Å². The Morgan fingerprint density at radius 1 is 1.38 bits per heavy atom. The molecule has 1 aromatic heterocycles. The Labute approximate surface area is 98.3 Å². The summed E-state index contributed by atoms with van der Waals surface area (Å²) < 4.78 is 22.4. The number of nitrogens with zero attached hydrogens (tertiary/aromatic N) is 1. The number of amides is 1. The van der Waals surface area contributed by atoms with Gasteiger partial charge in [-0.05, 0) is 6.07 Å². The molecule has 1 aromatic rings. The molecule has 1 fully saturated rings. The highest BCUT2D eigenvalue weighted by atomic mass is 35.5. The van der Waals surface area contributed by atoms with Crippen molar-refractivity contribution in [2.24, 2.45) is 0 Å². The lowest BCUT2D eigenvalue weighted by Crippen LogP contribution is -2.43. The molecule has 0 radical (unpaired) electrons. The van der Waals surface area contributed by atoms with Crippen molar-refractivity contribution >= 4 is 27.3 Å². The van der Waals surface area contributed by atoms with Crippen molar-refractivity contribution in [1.82, 2.24) is 9.88 Å². The zero-order chi connectivity index (χ0) is 11.8. The molecule has 7 heteroatoms. The van der Waals surface area contributed by atoms with E-state index in [1.54, 1.807) is 0 Å². The highest BCUT2D eigenvalue weighted by Gasteiger charge is 2.26. The molecular weight excluding hydrogens is 252 g/mol. The molecule has 0 aliphatic carbocycles. The van der Waals surface area contributed by atoms with Crippen molar-refractivity contribution in [3.8, 4) is 0 Å². The molecule has 16 heavy (non-hydrogen) atoms. The summed E-state index contributed by atoms with van der Waals surface area (Å²) in [5, 5.41) is 0.466. The average Bonchev–Trinajstić information content (AvgIpc) is 2.64. The molecule has 1 aliphatic heterocycles. The third-order valence-corrected chi connectivity index (χ3v) is 4.34. The minimum atomic E-state index is -2.96. The minimum absolute atomic E-state index is 0.0349. The first-order valence-electron chi connectivity index (χ1n) is 4.81. The molecule has 2 rings (SSSR count). The van der Waals surface area contributed by atoms with Crippen molar-refractivity contribution in [1.29, 1.82) is 0 Å². The molecule has 2 heterocycles. The molecule has 1 saturated heterocycles. The van der Waals surface area contributed by atoms with Gasteiger partial charge in [0.05, 0.1) is 16.5 Å². The third-order valence-electron chi connectivity index (χ3n) is 2.51. The Balaban J connectivity index is 2.07. The van der Waals surface area contributed by atoms with E-state index < -0.39 is 9.84 Å². The number of carbonyl (C=O) groups excluding carboxylic acids is 1. The van der Waals surface area contributed by atoms with E-state index in [9.17, 15) is 13.2 Å². The van der Waals surface area contributed by atoms with Crippen molar-refractivity contribution in [3.05, 3.63) is 23.0 Å². The molecule has 88 valence electrons. The van der Waals surface area contributed by atoms with E-state index in [0.717, 1.165) is 0 Å². The summed E-state index contributed by atoms with van der Waals surface area (Å²) in [5.41, 5.74) is 0.393.